The molecule has 0 amide bonds. The van der Waals surface area contributed by atoms with Crippen molar-refractivity contribution in [3.63, 3.8) is 0 Å². The van der Waals surface area contributed by atoms with Crippen LogP contribution in [0.15, 0.2) is 0 Å². The van der Waals surface area contributed by atoms with Crippen molar-refractivity contribution in [1.82, 2.24) is 0 Å². The molecule has 1 rings (SSSR count). The fourth-order valence-corrected chi connectivity index (χ4v) is 2.20. The maximum atomic E-state index is 11.4. The van der Waals surface area contributed by atoms with Gasteiger partial charge in [-0.25, -0.2) is 0 Å². The molecule has 1 saturated heterocycles. The molecule has 1 aliphatic rings. The quantitative estimate of drug-likeness (QED) is 0.555. The van der Waals surface area contributed by atoms with Crippen molar-refractivity contribution in [2.24, 2.45) is 0 Å². The molecule has 54 valence electrons. The van der Waals surface area contributed by atoms with Crippen LogP contribution >= 0.6 is 0 Å². The molecule has 0 radical (unpaired) electrons. The van der Waals surface area contributed by atoms with Crippen molar-refractivity contribution >= 4 is 10.8 Å². The summed E-state index contributed by atoms with van der Waals surface area (Å²) in [7, 11) is -0.835. The highest BCUT2D eigenvalue weighted by molar-refractivity contribution is 7.85. The molecular formula is C5H9FO2S. The van der Waals surface area contributed by atoms with E-state index in [4.69, 9.17) is 0 Å². The smallest absolute Gasteiger partial charge is 0.110 e. The Hall–Kier alpha value is 0.0400. The predicted molar refractivity (Wildman–Crippen MR) is 33.1 cm³/mol. The van der Waals surface area contributed by atoms with Gasteiger partial charge in [0, 0.05) is 16.6 Å². The average Bonchev–Trinajstić information content (AvgIpc) is 1.88. The molecule has 1 heterocycles. The Morgan fingerprint density at radius 1 is 1.67 bits per heavy atom. The Bertz CT molecular complexity index is 118. The molecule has 0 aromatic carbocycles. The van der Waals surface area contributed by atoms with Crippen molar-refractivity contribution in [2.45, 2.75) is 18.9 Å². The Labute approximate surface area is 55.7 Å². The first-order chi connectivity index (χ1) is 4.33. The zero-order chi connectivity index (χ0) is 6.69. The van der Waals surface area contributed by atoms with E-state index in [-0.39, 0.29) is 0 Å². The van der Waals surface area contributed by atoms with E-state index in [1.54, 1.807) is 0 Å². The molecule has 2 atom stereocenters. The number of hydrogen-bond donors (Lipinski definition) is 0. The molecule has 0 aromatic rings. The molecule has 2 unspecified atom stereocenters. The Kier molecular flexibility index (Phi) is 2.60. The minimum Gasteiger partial charge on any atom is -0.259 e. The van der Waals surface area contributed by atoms with Crippen LogP contribution in [0.1, 0.15) is 12.8 Å². The van der Waals surface area contributed by atoms with Gasteiger partial charge in [-0.2, -0.15) is 4.94 Å². The predicted octanol–water partition coefficient (Wildman–Crippen LogP) is 0.799. The second-order valence-corrected chi connectivity index (χ2v) is 3.79. The highest BCUT2D eigenvalue weighted by Gasteiger charge is 2.19. The lowest BCUT2D eigenvalue weighted by Gasteiger charge is -2.15. The van der Waals surface area contributed by atoms with Gasteiger partial charge in [-0.3, -0.25) is 4.21 Å². The van der Waals surface area contributed by atoms with Crippen LogP contribution in [0, 0.1) is 0 Å². The monoisotopic (exact) mass is 152 g/mol. The summed E-state index contributed by atoms with van der Waals surface area (Å²) in [6, 6.07) is 0. The molecule has 0 saturated carbocycles. The first-order valence-electron chi connectivity index (χ1n) is 2.95. The van der Waals surface area contributed by atoms with Crippen LogP contribution in [-0.4, -0.2) is 21.8 Å². The lowest BCUT2D eigenvalue weighted by molar-refractivity contribution is -0.173. The molecule has 2 nitrogen and oxygen atoms in total. The van der Waals surface area contributed by atoms with Crippen LogP contribution < -0.4 is 0 Å². The van der Waals surface area contributed by atoms with E-state index in [9.17, 15) is 8.74 Å². The van der Waals surface area contributed by atoms with Gasteiger partial charge in [-0.15, -0.1) is 0 Å². The molecular weight excluding hydrogens is 143 g/mol. The summed E-state index contributed by atoms with van der Waals surface area (Å²) in [6.45, 7) is 0. The van der Waals surface area contributed by atoms with E-state index >= 15 is 0 Å². The van der Waals surface area contributed by atoms with Crippen molar-refractivity contribution in [3.8, 4) is 0 Å². The Balaban J connectivity index is 2.32. The van der Waals surface area contributed by atoms with Crippen LogP contribution in [0.4, 0.5) is 4.53 Å². The molecule has 1 fully saturated rings. The van der Waals surface area contributed by atoms with Crippen molar-refractivity contribution < 1.29 is 13.7 Å². The van der Waals surface area contributed by atoms with Crippen LogP contribution in [-0.2, 0) is 15.7 Å². The first-order valence-corrected chi connectivity index (χ1v) is 4.44. The van der Waals surface area contributed by atoms with E-state index in [1.165, 1.54) is 0 Å². The molecule has 0 aliphatic carbocycles. The van der Waals surface area contributed by atoms with Gasteiger partial charge < -0.3 is 0 Å². The number of rotatable bonds is 1. The van der Waals surface area contributed by atoms with Crippen LogP contribution in [0.25, 0.3) is 0 Å². The molecule has 0 bridgehead atoms. The average molecular weight is 152 g/mol. The van der Waals surface area contributed by atoms with E-state index in [2.05, 4.69) is 4.94 Å². The highest BCUT2D eigenvalue weighted by Crippen LogP contribution is 2.11. The summed E-state index contributed by atoms with van der Waals surface area (Å²) in [4.78, 5) is 3.57. The molecule has 0 N–H and O–H groups in total. The third-order valence-electron chi connectivity index (χ3n) is 1.40. The zero-order valence-electron chi connectivity index (χ0n) is 5.01. The number of halogens is 1. The van der Waals surface area contributed by atoms with Crippen LogP contribution in [0.5, 0.6) is 0 Å². The molecule has 4 heteroatoms. The van der Waals surface area contributed by atoms with Gasteiger partial charge in [0.1, 0.15) is 6.10 Å². The van der Waals surface area contributed by atoms with Crippen LogP contribution in [0.2, 0.25) is 0 Å². The summed E-state index contributed by atoms with van der Waals surface area (Å²) in [5, 5.41) is 0. The second-order valence-electron chi connectivity index (χ2n) is 2.16. The van der Waals surface area contributed by atoms with Gasteiger partial charge in [0.15, 0.2) is 0 Å². The summed E-state index contributed by atoms with van der Waals surface area (Å²) in [5.41, 5.74) is 0. The summed E-state index contributed by atoms with van der Waals surface area (Å²) >= 11 is 0. The lowest BCUT2D eigenvalue weighted by Crippen LogP contribution is -2.25. The van der Waals surface area contributed by atoms with Crippen molar-refractivity contribution in [1.29, 1.82) is 0 Å². The molecule has 9 heavy (non-hydrogen) atoms. The third kappa shape index (κ3) is 2.02. The van der Waals surface area contributed by atoms with E-state index in [0.29, 0.717) is 17.9 Å². The van der Waals surface area contributed by atoms with Gasteiger partial charge in [-0.1, -0.05) is 0 Å². The minimum atomic E-state index is -0.835. The van der Waals surface area contributed by atoms with Gasteiger partial charge in [-0.05, 0) is 17.4 Å². The maximum absolute atomic E-state index is 11.4. The van der Waals surface area contributed by atoms with Gasteiger partial charge >= 0.3 is 0 Å². The van der Waals surface area contributed by atoms with E-state index in [0.717, 1.165) is 6.42 Å². The normalized spacial score (nSPS) is 36.6. The Morgan fingerprint density at radius 2 is 2.44 bits per heavy atom. The topological polar surface area (TPSA) is 26.3 Å². The summed E-state index contributed by atoms with van der Waals surface area (Å²) < 4.78 is 22.1. The molecule has 1 aliphatic heterocycles. The fraction of sp³-hybridized carbons (Fsp3) is 1.00. The standard InChI is InChI=1S/C5H9FO2S/c6-8-5-2-1-3-9(7)4-5/h5H,1-4H2. The van der Waals surface area contributed by atoms with Crippen LogP contribution in [0.3, 0.4) is 0 Å². The van der Waals surface area contributed by atoms with Gasteiger partial charge in [0.2, 0.25) is 0 Å². The Morgan fingerprint density at radius 3 is 2.89 bits per heavy atom. The van der Waals surface area contributed by atoms with E-state index < -0.39 is 16.9 Å². The fourth-order valence-electron chi connectivity index (χ4n) is 0.916. The third-order valence-corrected chi connectivity index (χ3v) is 2.88. The number of hydrogen-bond acceptors (Lipinski definition) is 2. The zero-order valence-corrected chi connectivity index (χ0v) is 5.82. The van der Waals surface area contributed by atoms with Crippen molar-refractivity contribution in [2.75, 3.05) is 11.5 Å². The summed E-state index contributed by atoms with van der Waals surface area (Å²) in [6.07, 6.45) is 1.13. The highest BCUT2D eigenvalue weighted by atomic mass is 32.2. The maximum Gasteiger partial charge on any atom is 0.110 e. The second kappa shape index (κ2) is 3.27. The van der Waals surface area contributed by atoms with Gasteiger partial charge in [0.05, 0.1) is 5.75 Å². The molecule has 0 spiro atoms. The van der Waals surface area contributed by atoms with E-state index in [1.807, 2.05) is 0 Å². The SMILES string of the molecule is O=S1CCCC(OF)C1. The lowest BCUT2D eigenvalue weighted by atomic mass is 10.2. The minimum absolute atomic E-state index is 0.372. The van der Waals surface area contributed by atoms with Gasteiger partial charge in [0.25, 0.3) is 0 Å². The molecule has 0 aromatic heterocycles. The van der Waals surface area contributed by atoms with Crippen molar-refractivity contribution in [3.05, 3.63) is 0 Å². The largest absolute Gasteiger partial charge is 0.259 e. The summed E-state index contributed by atoms with van der Waals surface area (Å²) in [5.74, 6) is 1.08. The first kappa shape index (κ1) is 7.15.